The van der Waals surface area contributed by atoms with Crippen molar-refractivity contribution in [1.29, 1.82) is 0 Å². The SMILES string of the molecule is CC(C)OC(=O)[C@H](CSC(=O)OCOC(=O)C1CCCCC1)NC(=O)OCOC(=O)C1CCCCC1. The molecule has 36 heavy (non-hydrogen) atoms. The van der Waals surface area contributed by atoms with E-state index in [2.05, 4.69) is 5.32 Å². The molecule has 0 aromatic carbocycles. The first-order chi connectivity index (χ1) is 17.3. The Kier molecular flexibility index (Phi) is 13.4. The fourth-order valence-electron chi connectivity index (χ4n) is 4.05. The van der Waals surface area contributed by atoms with Crippen LogP contribution < -0.4 is 5.32 Å². The molecule has 0 aromatic heterocycles. The molecule has 1 atom stereocenters. The van der Waals surface area contributed by atoms with Gasteiger partial charge in [0.1, 0.15) is 6.04 Å². The van der Waals surface area contributed by atoms with Crippen molar-refractivity contribution in [3.05, 3.63) is 0 Å². The lowest BCUT2D eigenvalue weighted by molar-refractivity contribution is -0.159. The highest BCUT2D eigenvalue weighted by Gasteiger charge is 2.27. The van der Waals surface area contributed by atoms with E-state index in [0.29, 0.717) is 11.8 Å². The van der Waals surface area contributed by atoms with Crippen molar-refractivity contribution in [3.8, 4) is 0 Å². The highest BCUT2D eigenvalue weighted by atomic mass is 32.2. The van der Waals surface area contributed by atoms with E-state index in [1.807, 2.05) is 0 Å². The van der Waals surface area contributed by atoms with E-state index in [-0.39, 0.29) is 23.6 Å². The number of esters is 3. The van der Waals surface area contributed by atoms with Crippen LogP contribution in [-0.2, 0) is 38.1 Å². The van der Waals surface area contributed by atoms with Crippen LogP contribution in [0.15, 0.2) is 0 Å². The number of thioether (sulfide) groups is 1. The number of amides is 1. The van der Waals surface area contributed by atoms with Crippen LogP contribution in [0.1, 0.15) is 78.1 Å². The predicted molar refractivity (Wildman–Crippen MR) is 129 cm³/mol. The Morgan fingerprint density at radius 1 is 0.750 bits per heavy atom. The number of rotatable bonds is 11. The molecular formula is C24H37NO10S. The van der Waals surface area contributed by atoms with Crippen LogP contribution in [0, 0.1) is 11.8 Å². The van der Waals surface area contributed by atoms with Crippen molar-refractivity contribution in [3.63, 3.8) is 0 Å². The van der Waals surface area contributed by atoms with Crippen molar-refractivity contribution in [2.24, 2.45) is 11.8 Å². The third kappa shape index (κ3) is 11.5. The molecule has 2 aliphatic carbocycles. The minimum atomic E-state index is -1.23. The largest absolute Gasteiger partial charge is 0.461 e. The zero-order chi connectivity index (χ0) is 26.3. The maximum atomic E-state index is 12.4. The van der Waals surface area contributed by atoms with E-state index in [9.17, 15) is 24.0 Å². The van der Waals surface area contributed by atoms with E-state index < -0.39 is 49.1 Å². The first kappa shape index (κ1) is 29.7. The van der Waals surface area contributed by atoms with Gasteiger partial charge in [0, 0.05) is 5.75 Å². The van der Waals surface area contributed by atoms with Gasteiger partial charge >= 0.3 is 29.3 Å². The van der Waals surface area contributed by atoms with Crippen LogP contribution in [0.25, 0.3) is 0 Å². The maximum absolute atomic E-state index is 12.4. The molecule has 2 saturated carbocycles. The van der Waals surface area contributed by atoms with Gasteiger partial charge in [0.15, 0.2) is 0 Å². The Balaban J connectivity index is 1.72. The second kappa shape index (κ2) is 16.3. The number of alkyl carbamates (subject to hydrolysis) is 1. The lowest BCUT2D eigenvalue weighted by atomic mass is 9.89. The molecule has 2 rings (SSSR count). The number of carbonyl (C=O) groups excluding carboxylic acids is 5. The summed E-state index contributed by atoms with van der Waals surface area (Å²) in [5.41, 5.74) is 0. The standard InChI is InChI=1S/C24H37NO10S/c1-16(2)35-22(28)19(25-23(29)33-14-31-20(26)17-9-5-3-6-10-17)13-36-24(30)34-15-32-21(27)18-11-7-4-8-12-18/h16-19H,3-15H2,1-2H3,(H,25,29)/t19-/m0/s1. The summed E-state index contributed by atoms with van der Waals surface area (Å²) in [6, 6.07) is -1.23. The van der Waals surface area contributed by atoms with Gasteiger partial charge in [-0.25, -0.2) is 14.4 Å². The summed E-state index contributed by atoms with van der Waals surface area (Å²) >= 11 is 0.608. The Labute approximate surface area is 215 Å². The monoisotopic (exact) mass is 531 g/mol. The molecular weight excluding hydrogens is 494 g/mol. The smallest absolute Gasteiger partial charge is 0.410 e. The second-order valence-corrected chi connectivity index (χ2v) is 10.1. The molecule has 0 spiro atoms. The topological polar surface area (TPSA) is 144 Å². The first-order valence-electron chi connectivity index (χ1n) is 12.5. The zero-order valence-corrected chi connectivity index (χ0v) is 21.8. The maximum Gasteiger partial charge on any atom is 0.410 e. The minimum absolute atomic E-state index is 0.169. The fraction of sp³-hybridized carbons (Fsp3) is 0.792. The van der Waals surface area contributed by atoms with Crippen LogP contribution in [0.3, 0.4) is 0 Å². The number of hydrogen-bond acceptors (Lipinski definition) is 11. The third-order valence-electron chi connectivity index (χ3n) is 5.94. The molecule has 0 aliphatic heterocycles. The highest BCUT2D eigenvalue weighted by molar-refractivity contribution is 8.13. The summed E-state index contributed by atoms with van der Waals surface area (Å²) in [6.45, 7) is 2.17. The van der Waals surface area contributed by atoms with Gasteiger partial charge in [-0.05, 0) is 51.3 Å². The van der Waals surface area contributed by atoms with Gasteiger partial charge in [0.2, 0.25) is 13.6 Å². The quantitative estimate of drug-likeness (QED) is 0.234. The van der Waals surface area contributed by atoms with Crippen molar-refractivity contribution in [2.45, 2.75) is 90.2 Å². The first-order valence-corrected chi connectivity index (χ1v) is 13.5. The molecule has 204 valence electrons. The molecule has 0 aromatic rings. The van der Waals surface area contributed by atoms with E-state index >= 15 is 0 Å². The number of ether oxygens (including phenoxy) is 5. The zero-order valence-electron chi connectivity index (χ0n) is 21.0. The average Bonchev–Trinajstić information content (AvgIpc) is 2.87. The molecule has 12 heteroatoms. The van der Waals surface area contributed by atoms with Gasteiger partial charge in [-0.15, -0.1) is 0 Å². The van der Waals surface area contributed by atoms with Gasteiger partial charge in [-0.2, -0.15) is 0 Å². The van der Waals surface area contributed by atoms with E-state index in [4.69, 9.17) is 23.7 Å². The van der Waals surface area contributed by atoms with Gasteiger partial charge in [-0.3, -0.25) is 9.59 Å². The van der Waals surface area contributed by atoms with Crippen molar-refractivity contribution in [2.75, 3.05) is 19.3 Å². The average molecular weight is 532 g/mol. The summed E-state index contributed by atoms with van der Waals surface area (Å²) in [4.78, 5) is 60.5. The van der Waals surface area contributed by atoms with Gasteiger partial charge in [0.25, 0.3) is 0 Å². The summed E-state index contributed by atoms with van der Waals surface area (Å²) < 4.78 is 24.9. The van der Waals surface area contributed by atoms with Crippen LogP contribution in [0.5, 0.6) is 0 Å². The predicted octanol–water partition coefficient (Wildman–Crippen LogP) is 4.06. The van der Waals surface area contributed by atoms with E-state index in [1.54, 1.807) is 13.8 Å². The van der Waals surface area contributed by atoms with Gasteiger partial charge in [0.05, 0.1) is 17.9 Å². The number of carbonyl (C=O) groups is 5. The molecule has 2 aliphatic rings. The molecule has 0 saturated heterocycles. The minimum Gasteiger partial charge on any atom is -0.461 e. The summed E-state index contributed by atoms with van der Waals surface area (Å²) in [6.07, 6.45) is 7.64. The lowest BCUT2D eigenvalue weighted by Gasteiger charge is -2.20. The van der Waals surface area contributed by atoms with Gasteiger partial charge < -0.3 is 29.0 Å². The van der Waals surface area contributed by atoms with Crippen LogP contribution >= 0.6 is 11.8 Å². The fourth-order valence-corrected chi connectivity index (χ4v) is 4.70. The summed E-state index contributed by atoms with van der Waals surface area (Å²) in [5.74, 6) is -2.15. The van der Waals surface area contributed by atoms with Crippen LogP contribution in [0.2, 0.25) is 0 Å². The third-order valence-corrected chi connectivity index (χ3v) is 6.80. The molecule has 0 radical (unpaired) electrons. The number of nitrogens with one attached hydrogen (secondary N) is 1. The Morgan fingerprint density at radius 3 is 1.75 bits per heavy atom. The Hall–Kier alpha value is -2.50. The van der Waals surface area contributed by atoms with Crippen LogP contribution in [-0.4, -0.2) is 60.8 Å². The van der Waals surface area contributed by atoms with Crippen molar-refractivity contribution >= 4 is 41.1 Å². The summed E-state index contributed by atoms with van der Waals surface area (Å²) in [7, 11) is 0. The highest BCUT2D eigenvalue weighted by Crippen LogP contribution is 2.25. The molecule has 1 amide bonds. The summed E-state index contributed by atoms with van der Waals surface area (Å²) in [5, 5.41) is 1.52. The van der Waals surface area contributed by atoms with Gasteiger partial charge in [-0.1, -0.05) is 38.5 Å². The molecule has 2 fully saturated rings. The molecule has 11 nitrogen and oxygen atoms in total. The van der Waals surface area contributed by atoms with Crippen molar-refractivity contribution in [1.82, 2.24) is 5.32 Å². The lowest BCUT2D eigenvalue weighted by Crippen LogP contribution is -2.45. The molecule has 0 bridgehead atoms. The van der Waals surface area contributed by atoms with E-state index in [1.165, 1.54) is 0 Å². The molecule has 0 heterocycles. The van der Waals surface area contributed by atoms with Crippen LogP contribution in [0.4, 0.5) is 9.59 Å². The molecule has 0 unspecified atom stereocenters. The molecule has 1 N–H and O–H groups in total. The van der Waals surface area contributed by atoms with E-state index in [0.717, 1.165) is 64.2 Å². The Morgan fingerprint density at radius 2 is 1.25 bits per heavy atom. The second-order valence-electron chi connectivity index (χ2n) is 9.15. The Bertz CT molecular complexity index is 747. The van der Waals surface area contributed by atoms with Crippen molar-refractivity contribution < 1.29 is 47.7 Å². The number of hydrogen-bond donors (Lipinski definition) is 1. The normalized spacial score (nSPS) is 17.5.